The number of hydrogen-bond donors (Lipinski definition) is 3. The maximum absolute atomic E-state index is 4.43. The molecule has 1 fully saturated rings. The number of aromatic nitrogens is 1. The molecule has 5 nitrogen and oxygen atoms in total. The minimum Gasteiger partial charge on any atom is -0.363 e. The third kappa shape index (κ3) is 5.29. The van der Waals surface area contributed by atoms with Gasteiger partial charge in [0.15, 0.2) is 5.96 Å². The second kappa shape index (κ2) is 11.0. The third-order valence-corrected chi connectivity index (χ3v) is 6.76. The Balaban J connectivity index is 0.00000256. The summed E-state index contributed by atoms with van der Waals surface area (Å²) in [6.45, 7) is 5.28. The van der Waals surface area contributed by atoms with E-state index >= 15 is 0 Å². The van der Waals surface area contributed by atoms with Crippen LogP contribution in [0.1, 0.15) is 30.9 Å². The Morgan fingerprint density at radius 2 is 2.03 bits per heavy atom. The first-order chi connectivity index (χ1) is 14.3. The predicted molar refractivity (Wildman–Crippen MR) is 141 cm³/mol. The molecule has 0 aliphatic carbocycles. The maximum Gasteiger partial charge on any atom is 0.191 e. The fourth-order valence-electron chi connectivity index (χ4n) is 4.17. The molecule has 0 bridgehead atoms. The van der Waals surface area contributed by atoms with Crippen LogP contribution in [0.3, 0.4) is 0 Å². The van der Waals surface area contributed by atoms with Crippen LogP contribution in [0.5, 0.6) is 0 Å². The van der Waals surface area contributed by atoms with Crippen LogP contribution in [-0.2, 0) is 12.8 Å². The zero-order valence-electron chi connectivity index (χ0n) is 17.8. The molecule has 3 heterocycles. The van der Waals surface area contributed by atoms with Gasteiger partial charge in [-0.05, 0) is 54.3 Å². The predicted octanol–water partition coefficient (Wildman–Crippen LogP) is 4.79. The molecule has 2 aromatic heterocycles. The monoisotopic (exact) mass is 537 g/mol. The standard InChI is InChI=1S/C23H31N5S.HI/c1-3-17-6-4-7-20-18(16-26-22(17)20)9-12-25-23(24-2)27-19-10-13-28(14-11-19)21-8-5-15-29-21;/h4-8,15-16,19,26H,3,9-14H2,1-2H3,(H2,24,25,27);1H. The summed E-state index contributed by atoms with van der Waals surface area (Å²) in [6.07, 6.45) is 6.46. The summed E-state index contributed by atoms with van der Waals surface area (Å²) in [6, 6.07) is 11.4. The number of aliphatic imine (C=N–C) groups is 1. The maximum atomic E-state index is 4.43. The van der Waals surface area contributed by atoms with Crippen LogP contribution in [0, 0.1) is 0 Å². The number of anilines is 1. The first-order valence-electron chi connectivity index (χ1n) is 10.6. The second-order valence-electron chi connectivity index (χ2n) is 7.61. The van der Waals surface area contributed by atoms with Crippen LogP contribution >= 0.6 is 35.3 Å². The number of nitrogens with zero attached hydrogens (tertiary/aromatic N) is 2. The Morgan fingerprint density at radius 3 is 2.73 bits per heavy atom. The highest BCUT2D eigenvalue weighted by atomic mass is 127. The average molecular weight is 538 g/mol. The van der Waals surface area contributed by atoms with Crippen molar-refractivity contribution in [3.05, 3.63) is 53.0 Å². The SMILES string of the molecule is CCc1cccc2c(CCNC(=NC)NC3CCN(c4cccs4)CC3)c[nH]c12.I. The van der Waals surface area contributed by atoms with Gasteiger partial charge in [-0.2, -0.15) is 0 Å². The van der Waals surface area contributed by atoms with E-state index in [1.165, 1.54) is 27.0 Å². The lowest BCUT2D eigenvalue weighted by Gasteiger charge is -2.33. The van der Waals surface area contributed by atoms with Crippen molar-refractivity contribution in [2.45, 2.75) is 38.6 Å². The minimum atomic E-state index is 0. The molecule has 0 unspecified atom stereocenters. The quantitative estimate of drug-likeness (QED) is 0.241. The molecule has 1 aliphatic heterocycles. The van der Waals surface area contributed by atoms with E-state index in [1.807, 2.05) is 18.4 Å². The lowest BCUT2D eigenvalue weighted by Crippen LogP contribution is -2.49. The van der Waals surface area contributed by atoms with Crippen molar-refractivity contribution >= 4 is 57.2 Å². The van der Waals surface area contributed by atoms with Gasteiger partial charge >= 0.3 is 0 Å². The van der Waals surface area contributed by atoms with Gasteiger partial charge in [0.05, 0.1) is 5.00 Å². The molecule has 162 valence electrons. The van der Waals surface area contributed by atoms with Crippen molar-refractivity contribution in [3.8, 4) is 0 Å². The topological polar surface area (TPSA) is 55.5 Å². The number of nitrogens with one attached hydrogen (secondary N) is 3. The zero-order chi connectivity index (χ0) is 20.1. The number of rotatable bonds is 6. The van der Waals surface area contributed by atoms with E-state index in [0.29, 0.717) is 6.04 Å². The number of para-hydroxylation sites is 1. The number of hydrogen-bond acceptors (Lipinski definition) is 3. The number of H-pyrrole nitrogens is 1. The Hall–Kier alpha value is -1.74. The highest BCUT2D eigenvalue weighted by Crippen LogP contribution is 2.25. The summed E-state index contributed by atoms with van der Waals surface area (Å²) in [5, 5.41) is 12.0. The number of guanidine groups is 1. The first kappa shape index (κ1) is 22.9. The van der Waals surface area contributed by atoms with Gasteiger partial charge in [-0.1, -0.05) is 25.1 Å². The molecule has 3 N–H and O–H groups in total. The molecule has 30 heavy (non-hydrogen) atoms. The summed E-state index contributed by atoms with van der Waals surface area (Å²) >= 11 is 1.83. The van der Waals surface area contributed by atoms with Crippen LogP contribution in [0.15, 0.2) is 46.9 Å². The number of piperidine rings is 1. The molecule has 4 rings (SSSR count). The molecular formula is C23H32IN5S. The summed E-state index contributed by atoms with van der Waals surface area (Å²) in [7, 11) is 1.86. The molecule has 1 aromatic carbocycles. The number of benzene rings is 1. The van der Waals surface area contributed by atoms with Crippen molar-refractivity contribution < 1.29 is 0 Å². The van der Waals surface area contributed by atoms with E-state index in [1.54, 1.807) is 0 Å². The van der Waals surface area contributed by atoms with Gasteiger partial charge in [0.25, 0.3) is 0 Å². The highest BCUT2D eigenvalue weighted by Gasteiger charge is 2.20. The summed E-state index contributed by atoms with van der Waals surface area (Å²) in [5.41, 5.74) is 4.03. The Bertz CT molecular complexity index is 942. The van der Waals surface area contributed by atoms with E-state index in [9.17, 15) is 0 Å². The molecule has 3 aromatic rings. The molecule has 0 amide bonds. The smallest absolute Gasteiger partial charge is 0.191 e. The number of aromatic amines is 1. The molecule has 7 heteroatoms. The fraction of sp³-hybridized carbons (Fsp3) is 0.435. The van der Waals surface area contributed by atoms with Gasteiger partial charge in [0.1, 0.15) is 0 Å². The van der Waals surface area contributed by atoms with E-state index in [4.69, 9.17) is 0 Å². The van der Waals surface area contributed by atoms with Crippen molar-refractivity contribution in [1.29, 1.82) is 0 Å². The fourth-order valence-corrected chi connectivity index (χ4v) is 4.96. The molecule has 1 aliphatic rings. The van der Waals surface area contributed by atoms with E-state index < -0.39 is 0 Å². The summed E-state index contributed by atoms with van der Waals surface area (Å²) in [5.74, 6) is 0.911. The van der Waals surface area contributed by atoms with Crippen LogP contribution in [0.25, 0.3) is 10.9 Å². The van der Waals surface area contributed by atoms with Crippen LogP contribution in [0.2, 0.25) is 0 Å². The minimum absolute atomic E-state index is 0. The Morgan fingerprint density at radius 1 is 1.20 bits per heavy atom. The van der Waals surface area contributed by atoms with Gasteiger partial charge in [-0.3, -0.25) is 4.99 Å². The van der Waals surface area contributed by atoms with Gasteiger partial charge in [-0.25, -0.2) is 0 Å². The van der Waals surface area contributed by atoms with Crippen LogP contribution in [0.4, 0.5) is 5.00 Å². The first-order valence-corrected chi connectivity index (χ1v) is 11.5. The van der Waals surface area contributed by atoms with Gasteiger partial charge < -0.3 is 20.5 Å². The lowest BCUT2D eigenvalue weighted by molar-refractivity contribution is 0.463. The Labute approximate surface area is 200 Å². The average Bonchev–Trinajstić information content (AvgIpc) is 3.44. The molecule has 0 saturated carbocycles. The largest absolute Gasteiger partial charge is 0.363 e. The Kier molecular flexibility index (Phi) is 8.44. The summed E-state index contributed by atoms with van der Waals surface area (Å²) < 4.78 is 0. The van der Waals surface area contributed by atoms with E-state index in [0.717, 1.165) is 51.3 Å². The summed E-state index contributed by atoms with van der Waals surface area (Å²) in [4.78, 5) is 10.4. The number of thiophene rings is 1. The number of halogens is 1. The van der Waals surface area contributed by atoms with Crippen molar-refractivity contribution in [3.63, 3.8) is 0 Å². The second-order valence-corrected chi connectivity index (χ2v) is 8.54. The molecule has 0 radical (unpaired) electrons. The van der Waals surface area contributed by atoms with Gasteiger partial charge in [0.2, 0.25) is 0 Å². The van der Waals surface area contributed by atoms with Crippen LogP contribution in [-0.4, -0.2) is 43.7 Å². The third-order valence-electron chi connectivity index (χ3n) is 5.83. The van der Waals surface area contributed by atoms with E-state index in [2.05, 4.69) is 74.3 Å². The highest BCUT2D eigenvalue weighted by molar-refractivity contribution is 14.0. The molecule has 1 saturated heterocycles. The lowest BCUT2D eigenvalue weighted by atomic mass is 10.1. The number of aryl methyl sites for hydroxylation is 1. The number of fused-ring (bicyclic) bond motifs is 1. The zero-order valence-corrected chi connectivity index (χ0v) is 20.9. The molecule has 0 spiro atoms. The molecular weight excluding hydrogens is 505 g/mol. The van der Waals surface area contributed by atoms with Crippen molar-refractivity contribution in [1.82, 2.24) is 15.6 Å². The van der Waals surface area contributed by atoms with Gasteiger partial charge in [-0.15, -0.1) is 35.3 Å². The van der Waals surface area contributed by atoms with Crippen molar-refractivity contribution in [2.75, 3.05) is 31.6 Å². The van der Waals surface area contributed by atoms with E-state index in [-0.39, 0.29) is 24.0 Å². The molecule has 0 atom stereocenters. The van der Waals surface area contributed by atoms with Crippen LogP contribution < -0.4 is 15.5 Å². The normalized spacial score (nSPS) is 15.3. The van der Waals surface area contributed by atoms with Crippen molar-refractivity contribution in [2.24, 2.45) is 4.99 Å². The van der Waals surface area contributed by atoms with Gasteiger partial charge in [0, 0.05) is 49.8 Å².